The summed E-state index contributed by atoms with van der Waals surface area (Å²) in [6, 6.07) is 3.31. The second-order valence-corrected chi connectivity index (χ2v) is 5.15. The summed E-state index contributed by atoms with van der Waals surface area (Å²) in [4.78, 5) is 35.1. The number of nitrogens with zero attached hydrogens (tertiary/aromatic N) is 1. The van der Waals surface area contributed by atoms with Gasteiger partial charge in [0.05, 0.1) is 4.91 Å². The number of rotatable bonds is 3. The van der Waals surface area contributed by atoms with Gasteiger partial charge in [-0.15, -0.1) is 0 Å². The number of furan rings is 1. The first-order valence-corrected chi connectivity index (χ1v) is 6.37. The van der Waals surface area contributed by atoms with Gasteiger partial charge in [-0.3, -0.25) is 19.3 Å². The molecule has 0 unspecified atom stereocenters. The number of imide groups is 1. The third-order valence-electron chi connectivity index (χ3n) is 2.05. The van der Waals surface area contributed by atoms with Crippen LogP contribution in [0.15, 0.2) is 26.1 Å². The van der Waals surface area contributed by atoms with E-state index in [0.29, 0.717) is 10.4 Å². The summed E-state index contributed by atoms with van der Waals surface area (Å²) >= 11 is 3.87. The molecular weight excluding hydrogens is 324 g/mol. The fourth-order valence-corrected chi connectivity index (χ4v) is 2.46. The molecule has 0 aliphatic carbocycles. The Morgan fingerprint density at radius 1 is 1.50 bits per heavy atom. The monoisotopic (exact) mass is 330 g/mol. The van der Waals surface area contributed by atoms with Crippen LogP contribution < -0.4 is 5.73 Å². The van der Waals surface area contributed by atoms with Crippen LogP contribution in [0, 0.1) is 0 Å². The molecule has 1 saturated heterocycles. The van der Waals surface area contributed by atoms with Gasteiger partial charge in [0.2, 0.25) is 5.91 Å². The molecule has 0 radical (unpaired) electrons. The van der Waals surface area contributed by atoms with E-state index >= 15 is 0 Å². The van der Waals surface area contributed by atoms with Crippen molar-refractivity contribution in [1.82, 2.24) is 4.90 Å². The number of carbonyl (C=O) groups excluding carboxylic acids is 3. The average Bonchev–Trinajstić information content (AvgIpc) is 2.78. The van der Waals surface area contributed by atoms with E-state index < -0.39 is 23.6 Å². The Morgan fingerprint density at radius 2 is 2.22 bits per heavy atom. The number of primary amides is 1. The zero-order chi connectivity index (χ0) is 13.3. The lowest BCUT2D eigenvalue weighted by molar-refractivity contribution is -0.127. The highest BCUT2D eigenvalue weighted by Crippen LogP contribution is 2.32. The van der Waals surface area contributed by atoms with Crippen LogP contribution in [0.25, 0.3) is 6.08 Å². The quantitative estimate of drug-likeness (QED) is 0.849. The minimum Gasteiger partial charge on any atom is -0.450 e. The van der Waals surface area contributed by atoms with E-state index in [-0.39, 0.29) is 4.91 Å². The lowest BCUT2D eigenvalue weighted by atomic mass is 10.3. The molecule has 0 atom stereocenters. The molecular formula is C10H7BrN2O4S. The van der Waals surface area contributed by atoms with Crippen molar-refractivity contribution in [3.05, 3.63) is 27.5 Å². The Labute approximate surface area is 114 Å². The average molecular weight is 331 g/mol. The van der Waals surface area contributed by atoms with E-state index in [2.05, 4.69) is 15.9 Å². The second kappa shape index (κ2) is 4.99. The maximum Gasteiger partial charge on any atom is 0.294 e. The summed E-state index contributed by atoms with van der Waals surface area (Å²) in [6.45, 7) is -0.413. The van der Waals surface area contributed by atoms with Gasteiger partial charge < -0.3 is 10.2 Å². The molecule has 1 aromatic rings. The Kier molecular flexibility index (Phi) is 3.58. The molecule has 0 spiro atoms. The second-order valence-electron chi connectivity index (χ2n) is 3.38. The van der Waals surface area contributed by atoms with E-state index in [4.69, 9.17) is 10.2 Å². The number of thioether (sulfide) groups is 1. The number of halogens is 1. The third kappa shape index (κ3) is 2.65. The topological polar surface area (TPSA) is 93.6 Å². The largest absolute Gasteiger partial charge is 0.450 e. The molecule has 6 nitrogen and oxygen atoms in total. The van der Waals surface area contributed by atoms with Crippen molar-refractivity contribution in [2.24, 2.45) is 5.73 Å². The van der Waals surface area contributed by atoms with E-state index in [1.807, 2.05) is 0 Å². The molecule has 0 saturated carbocycles. The lowest BCUT2D eigenvalue weighted by Crippen LogP contribution is -2.36. The van der Waals surface area contributed by atoms with Gasteiger partial charge in [0, 0.05) is 6.08 Å². The molecule has 8 heteroatoms. The lowest BCUT2D eigenvalue weighted by Gasteiger charge is -2.08. The van der Waals surface area contributed by atoms with Crippen molar-refractivity contribution >= 4 is 50.8 Å². The summed E-state index contributed by atoms with van der Waals surface area (Å²) in [5, 5.41) is -0.518. The van der Waals surface area contributed by atoms with E-state index in [1.54, 1.807) is 12.1 Å². The highest BCUT2D eigenvalue weighted by molar-refractivity contribution is 9.10. The molecule has 2 rings (SSSR count). The van der Waals surface area contributed by atoms with Gasteiger partial charge in [0.15, 0.2) is 4.67 Å². The Balaban J connectivity index is 2.22. The maximum atomic E-state index is 11.8. The van der Waals surface area contributed by atoms with Crippen molar-refractivity contribution in [3.8, 4) is 0 Å². The van der Waals surface area contributed by atoms with Crippen LogP contribution in [0.3, 0.4) is 0 Å². The summed E-state index contributed by atoms with van der Waals surface area (Å²) in [5.41, 5.74) is 4.96. The summed E-state index contributed by atoms with van der Waals surface area (Å²) in [6.07, 6.45) is 1.44. The third-order valence-corrected chi connectivity index (χ3v) is 3.39. The number of hydrogen-bond donors (Lipinski definition) is 1. The number of hydrogen-bond acceptors (Lipinski definition) is 5. The Morgan fingerprint density at radius 3 is 2.78 bits per heavy atom. The van der Waals surface area contributed by atoms with Gasteiger partial charge >= 0.3 is 0 Å². The van der Waals surface area contributed by atoms with Gasteiger partial charge in [-0.25, -0.2) is 0 Å². The number of amides is 3. The zero-order valence-corrected chi connectivity index (χ0v) is 11.3. The van der Waals surface area contributed by atoms with Crippen LogP contribution in [-0.2, 0) is 9.59 Å². The van der Waals surface area contributed by atoms with Crippen LogP contribution in [0.5, 0.6) is 0 Å². The minimum absolute atomic E-state index is 0.197. The standard InChI is InChI=1S/C10H7BrN2O4S/c11-7-2-1-5(17-7)3-6-9(15)13(4-8(12)14)10(16)18-6/h1-3H,4H2,(H2,12,14)/b6-3-. The molecule has 1 aliphatic rings. The van der Waals surface area contributed by atoms with Crippen molar-refractivity contribution in [3.63, 3.8) is 0 Å². The van der Waals surface area contributed by atoms with Crippen molar-refractivity contribution in [1.29, 1.82) is 0 Å². The molecule has 18 heavy (non-hydrogen) atoms. The van der Waals surface area contributed by atoms with Crippen LogP contribution in [0.1, 0.15) is 5.76 Å². The van der Waals surface area contributed by atoms with Crippen LogP contribution in [0.2, 0.25) is 0 Å². The molecule has 2 N–H and O–H groups in total. The summed E-state index contributed by atoms with van der Waals surface area (Å²) in [5.74, 6) is -0.845. The first kappa shape index (κ1) is 12.9. The molecule has 0 bridgehead atoms. The van der Waals surface area contributed by atoms with Gasteiger partial charge in [-0.2, -0.15) is 0 Å². The highest BCUT2D eigenvalue weighted by atomic mass is 79.9. The first-order chi connectivity index (χ1) is 8.47. The van der Waals surface area contributed by atoms with Gasteiger partial charge in [0.1, 0.15) is 12.3 Å². The van der Waals surface area contributed by atoms with Crippen LogP contribution >= 0.6 is 27.7 Å². The number of nitrogens with two attached hydrogens (primary N) is 1. The van der Waals surface area contributed by atoms with Crippen molar-refractivity contribution < 1.29 is 18.8 Å². The first-order valence-electron chi connectivity index (χ1n) is 4.76. The molecule has 94 valence electrons. The normalized spacial score (nSPS) is 17.8. The Hall–Kier alpha value is -1.54. The van der Waals surface area contributed by atoms with Crippen molar-refractivity contribution in [2.75, 3.05) is 6.54 Å². The smallest absolute Gasteiger partial charge is 0.294 e. The zero-order valence-electron chi connectivity index (χ0n) is 8.88. The van der Waals surface area contributed by atoms with Gasteiger partial charge in [-0.1, -0.05) is 0 Å². The molecule has 1 fully saturated rings. The SMILES string of the molecule is NC(=O)CN1C(=O)S/C(=C\c2ccc(Br)o2)C1=O. The maximum absolute atomic E-state index is 11.8. The molecule has 3 amide bonds. The fraction of sp³-hybridized carbons (Fsp3) is 0.100. The van der Waals surface area contributed by atoms with Crippen molar-refractivity contribution in [2.45, 2.75) is 0 Å². The fourth-order valence-electron chi connectivity index (χ4n) is 1.33. The van der Waals surface area contributed by atoms with E-state index in [0.717, 1.165) is 16.7 Å². The Bertz CT molecular complexity index is 566. The molecule has 0 aromatic carbocycles. The van der Waals surface area contributed by atoms with Gasteiger partial charge in [0.25, 0.3) is 11.1 Å². The van der Waals surface area contributed by atoms with Gasteiger partial charge in [-0.05, 0) is 39.8 Å². The predicted octanol–water partition coefficient (Wildman–Crippen LogP) is 1.56. The molecule has 2 heterocycles. The summed E-state index contributed by atoms with van der Waals surface area (Å²) in [7, 11) is 0. The number of carbonyl (C=O) groups is 3. The molecule has 1 aliphatic heterocycles. The summed E-state index contributed by atoms with van der Waals surface area (Å²) < 4.78 is 5.72. The van der Waals surface area contributed by atoms with Crippen LogP contribution in [-0.4, -0.2) is 28.5 Å². The molecule has 1 aromatic heterocycles. The van der Waals surface area contributed by atoms with Crippen LogP contribution in [0.4, 0.5) is 4.79 Å². The van der Waals surface area contributed by atoms with E-state index in [1.165, 1.54) is 6.08 Å². The highest BCUT2D eigenvalue weighted by Gasteiger charge is 2.36. The minimum atomic E-state index is -0.737. The van der Waals surface area contributed by atoms with E-state index in [9.17, 15) is 14.4 Å². The predicted molar refractivity (Wildman–Crippen MR) is 68.3 cm³/mol.